The molecule has 12 heavy (non-hydrogen) atoms. The zero-order valence-corrected chi connectivity index (χ0v) is 7.60. The molecule has 0 aromatic carbocycles. The summed E-state index contributed by atoms with van der Waals surface area (Å²) in [5, 5.41) is 3.28. The lowest BCUT2D eigenvalue weighted by Gasteiger charge is -2.38. The predicted molar refractivity (Wildman–Crippen MR) is 46.8 cm³/mol. The van der Waals surface area contributed by atoms with E-state index >= 15 is 0 Å². The number of nitrogens with one attached hydrogen (secondary N) is 1. The van der Waals surface area contributed by atoms with Crippen molar-refractivity contribution < 1.29 is 4.79 Å². The van der Waals surface area contributed by atoms with Crippen molar-refractivity contribution in [2.75, 3.05) is 26.2 Å². The van der Waals surface area contributed by atoms with Gasteiger partial charge in [0, 0.05) is 38.0 Å². The maximum atomic E-state index is 11.3. The molecule has 2 heterocycles. The Labute approximate surface area is 73.1 Å². The van der Waals surface area contributed by atoms with Crippen molar-refractivity contribution in [1.29, 1.82) is 0 Å². The third-order valence-electron chi connectivity index (χ3n) is 3.09. The molecule has 0 saturated carbocycles. The number of nitrogens with zero attached hydrogens (tertiary/aromatic N) is 1. The van der Waals surface area contributed by atoms with Gasteiger partial charge >= 0.3 is 0 Å². The molecule has 0 unspecified atom stereocenters. The first-order chi connectivity index (χ1) is 5.76. The van der Waals surface area contributed by atoms with E-state index in [-0.39, 0.29) is 0 Å². The third kappa shape index (κ3) is 1.12. The Kier molecular flexibility index (Phi) is 1.83. The van der Waals surface area contributed by atoms with Gasteiger partial charge in [-0.3, -0.25) is 4.79 Å². The molecule has 0 atom stereocenters. The van der Waals surface area contributed by atoms with E-state index in [4.69, 9.17) is 0 Å². The van der Waals surface area contributed by atoms with Crippen molar-refractivity contribution in [3.8, 4) is 0 Å². The average molecular weight is 168 g/mol. The van der Waals surface area contributed by atoms with Crippen LogP contribution in [0.25, 0.3) is 0 Å². The smallest absolute Gasteiger partial charge is 0.222 e. The lowest BCUT2D eigenvalue weighted by molar-refractivity contribution is -0.130. The summed E-state index contributed by atoms with van der Waals surface area (Å²) in [5.74, 6) is 0.318. The van der Waals surface area contributed by atoms with E-state index in [9.17, 15) is 4.79 Å². The number of carbonyl (C=O) groups excluding carboxylic acids is 1. The van der Waals surface area contributed by atoms with Gasteiger partial charge in [-0.05, 0) is 6.42 Å². The van der Waals surface area contributed by atoms with E-state index in [1.165, 1.54) is 6.42 Å². The summed E-state index contributed by atoms with van der Waals surface area (Å²) in [6, 6.07) is 0. The van der Waals surface area contributed by atoms with E-state index in [1.807, 2.05) is 11.8 Å². The Bertz CT molecular complexity index is 199. The van der Waals surface area contributed by atoms with Crippen molar-refractivity contribution in [3.63, 3.8) is 0 Å². The standard InChI is InChI=1S/C9H16N2O/c1-2-8(12)11-4-3-9(7-11)5-10-6-9/h10H,2-7H2,1H3. The zero-order chi connectivity index (χ0) is 8.60. The lowest BCUT2D eigenvalue weighted by atomic mass is 9.81. The topological polar surface area (TPSA) is 32.3 Å². The van der Waals surface area contributed by atoms with Gasteiger partial charge in [0.25, 0.3) is 0 Å². The molecule has 0 aromatic rings. The van der Waals surface area contributed by atoms with E-state index in [0.717, 1.165) is 26.2 Å². The van der Waals surface area contributed by atoms with Crippen molar-refractivity contribution in [2.45, 2.75) is 19.8 Å². The van der Waals surface area contributed by atoms with Crippen LogP contribution in [0.2, 0.25) is 0 Å². The molecular formula is C9H16N2O. The SMILES string of the molecule is CCC(=O)N1CCC2(CNC2)C1. The fraction of sp³-hybridized carbons (Fsp3) is 0.889. The highest BCUT2D eigenvalue weighted by atomic mass is 16.2. The molecule has 2 rings (SSSR count). The first kappa shape index (κ1) is 8.05. The van der Waals surface area contributed by atoms with Crippen LogP contribution in [0.15, 0.2) is 0 Å². The Morgan fingerprint density at radius 2 is 2.33 bits per heavy atom. The molecule has 0 bridgehead atoms. The van der Waals surface area contributed by atoms with E-state index < -0.39 is 0 Å². The molecule has 3 heteroatoms. The van der Waals surface area contributed by atoms with Gasteiger partial charge in [0.1, 0.15) is 0 Å². The lowest BCUT2D eigenvalue weighted by Crippen LogP contribution is -2.55. The number of likely N-dealkylation sites (tertiary alicyclic amines) is 1. The second kappa shape index (κ2) is 2.73. The number of amides is 1. The average Bonchev–Trinajstić information content (AvgIpc) is 2.46. The number of hydrogen-bond donors (Lipinski definition) is 1. The fourth-order valence-electron chi connectivity index (χ4n) is 2.14. The minimum absolute atomic E-state index is 0.318. The molecule has 0 aliphatic carbocycles. The van der Waals surface area contributed by atoms with Crippen molar-refractivity contribution in [3.05, 3.63) is 0 Å². The number of carbonyl (C=O) groups is 1. The minimum atomic E-state index is 0.318. The van der Waals surface area contributed by atoms with E-state index in [2.05, 4.69) is 5.32 Å². The summed E-state index contributed by atoms with van der Waals surface area (Å²) in [7, 11) is 0. The van der Waals surface area contributed by atoms with Gasteiger partial charge in [0.05, 0.1) is 0 Å². The van der Waals surface area contributed by atoms with Crippen LogP contribution in [0.5, 0.6) is 0 Å². The highest BCUT2D eigenvalue weighted by Crippen LogP contribution is 2.33. The molecule has 0 radical (unpaired) electrons. The highest BCUT2D eigenvalue weighted by molar-refractivity contribution is 5.76. The molecule has 68 valence electrons. The maximum Gasteiger partial charge on any atom is 0.222 e. The molecule has 1 N–H and O–H groups in total. The van der Waals surface area contributed by atoms with Gasteiger partial charge in [-0.25, -0.2) is 0 Å². The van der Waals surface area contributed by atoms with Crippen molar-refractivity contribution >= 4 is 5.91 Å². The number of hydrogen-bond acceptors (Lipinski definition) is 2. The van der Waals surface area contributed by atoms with Crippen LogP contribution >= 0.6 is 0 Å². The van der Waals surface area contributed by atoms with Gasteiger partial charge in [0.15, 0.2) is 0 Å². The van der Waals surface area contributed by atoms with E-state index in [0.29, 0.717) is 17.7 Å². The second-order valence-electron chi connectivity index (χ2n) is 4.02. The predicted octanol–water partition coefficient (Wildman–Crippen LogP) is 0.218. The van der Waals surface area contributed by atoms with Crippen molar-refractivity contribution in [1.82, 2.24) is 10.2 Å². The van der Waals surface area contributed by atoms with Crippen LogP contribution in [-0.4, -0.2) is 37.0 Å². The summed E-state index contributed by atoms with van der Waals surface area (Å²) in [4.78, 5) is 13.4. The summed E-state index contributed by atoms with van der Waals surface area (Å²) < 4.78 is 0. The van der Waals surface area contributed by atoms with Gasteiger partial charge in [-0.15, -0.1) is 0 Å². The molecule has 3 nitrogen and oxygen atoms in total. The second-order valence-corrected chi connectivity index (χ2v) is 4.02. The largest absolute Gasteiger partial charge is 0.342 e. The van der Waals surface area contributed by atoms with Crippen LogP contribution in [0.4, 0.5) is 0 Å². The molecule has 1 spiro atoms. The molecule has 0 aromatic heterocycles. The van der Waals surface area contributed by atoms with Crippen LogP contribution in [0.3, 0.4) is 0 Å². The molecule has 2 aliphatic heterocycles. The molecule has 1 amide bonds. The van der Waals surface area contributed by atoms with Gasteiger partial charge in [-0.2, -0.15) is 0 Å². The monoisotopic (exact) mass is 168 g/mol. The van der Waals surface area contributed by atoms with Gasteiger partial charge < -0.3 is 10.2 Å². The zero-order valence-electron chi connectivity index (χ0n) is 7.60. The quantitative estimate of drug-likeness (QED) is 0.607. The Hall–Kier alpha value is -0.570. The third-order valence-corrected chi connectivity index (χ3v) is 3.09. The summed E-state index contributed by atoms with van der Waals surface area (Å²) >= 11 is 0. The Balaban J connectivity index is 1.93. The van der Waals surface area contributed by atoms with Crippen LogP contribution in [-0.2, 0) is 4.79 Å². The fourth-order valence-corrected chi connectivity index (χ4v) is 2.14. The maximum absolute atomic E-state index is 11.3. The normalized spacial score (nSPS) is 25.9. The first-order valence-electron chi connectivity index (χ1n) is 4.74. The minimum Gasteiger partial charge on any atom is -0.342 e. The molecular weight excluding hydrogens is 152 g/mol. The summed E-state index contributed by atoms with van der Waals surface area (Å²) in [6.07, 6.45) is 1.86. The number of rotatable bonds is 1. The van der Waals surface area contributed by atoms with Crippen molar-refractivity contribution in [2.24, 2.45) is 5.41 Å². The molecule has 2 saturated heterocycles. The molecule has 2 aliphatic rings. The van der Waals surface area contributed by atoms with Crippen LogP contribution in [0.1, 0.15) is 19.8 Å². The molecule has 2 fully saturated rings. The first-order valence-corrected chi connectivity index (χ1v) is 4.74. The summed E-state index contributed by atoms with van der Waals surface area (Å²) in [6.45, 7) is 6.13. The van der Waals surface area contributed by atoms with Crippen LogP contribution in [0, 0.1) is 5.41 Å². The van der Waals surface area contributed by atoms with Crippen LogP contribution < -0.4 is 5.32 Å². The van der Waals surface area contributed by atoms with Gasteiger partial charge in [0.2, 0.25) is 5.91 Å². The Morgan fingerprint density at radius 3 is 2.75 bits per heavy atom. The Morgan fingerprint density at radius 1 is 1.58 bits per heavy atom. The van der Waals surface area contributed by atoms with Gasteiger partial charge in [-0.1, -0.05) is 6.92 Å². The van der Waals surface area contributed by atoms with E-state index in [1.54, 1.807) is 0 Å². The highest BCUT2D eigenvalue weighted by Gasteiger charge is 2.43. The summed E-state index contributed by atoms with van der Waals surface area (Å²) in [5.41, 5.74) is 0.463.